The summed E-state index contributed by atoms with van der Waals surface area (Å²) < 4.78 is 0. The first-order valence-electron chi connectivity index (χ1n) is 8.08. The predicted molar refractivity (Wildman–Crippen MR) is 93.8 cm³/mol. The summed E-state index contributed by atoms with van der Waals surface area (Å²) in [5, 5.41) is 4.15. The lowest BCUT2D eigenvalue weighted by atomic mass is 10.0. The summed E-state index contributed by atoms with van der Waals surface area (Å²) in [4.78, 5) is 10.3. The molecule has 0 saturated heterocycles. The monoisotopic (exact) mass is 313 g/mol. The summed E-state index contributed by atoms with van der Waals surface area (Å²) >= 11 is 1.98. The van der Waals surface area contributed by atoms with E-state index in [0.29, 0.717) is 11.9 Å². The normalized spacial score (nSPS) is 15.5. The molecule has 1 N–H and O–H groups in total. The van der Waals surface area contributed by atoms with Crippen LogP contribution in [0, 0.1) is 5.92 Å². The van der Waals surface area contributed by atoms with Gasteiger partial charge in [0.25, 0.3) is 0 Å². The Bertz CT molecular complexity index is 608. The van der Waals surface area contributed by atoms with Crippen molar-refractivity contribution >= 4 is 23.4 Å². The lowest BCUT2D eigenvalue weighted by molar-refractivity contribution is 0.552. The molecular weight excluding hydrogens is 290 g/mol. The van der Waals surface area contributed by atoms with Crippen molar-refractivity contribution < 1.29 is 0 Å². The van der Waals surface area contributed by atoms with Crippen LogP contribution < -0.4 is 5.32 Å². The molecule has 1 fully saturated rings. The van der Waals surface area contributed by atoms with Crippen LogP contribution in [-0.4, -0.2) is 15.2 Å². The Hall–Kier alpha value is -1.55. The van der Waals surface area contributed by atoms with Crippen LogP contribution in [0.15, 0.2) is 41.4 Å². The van der Waals surface area contributed by atoms with Gasteiger partial charge in [-0.2, -0.15) is 0 Å². The molecule has 1 aromatic carbocycles. The molecule has 3 rings (SSSR count). The highest BCUT2D eigenvalue weighted by Gasteiger charge is 2.22. The van der Waals surface area contributed by atoms with Crippen molar-refractivity contribution in [3.8, 4) is 0 Å². The van der Waals surface area contributed by atoms with Crippen molar-refractivity contribution in [2.75, 3.05) is 5.32 Å². The number of thioether (sulfide) groups is 1. The van der Waals surface area contributed by atoms with Gasteiger partial charge in [-0.05, 0) is 55.5 Å². The van der Waals surface area contributed by atoms with Crippen molar-refractivity contribution in [2.24, 2.45) is 5.92 Å². The van der Waals surface area contributed by atoms with Gasteiger partial charge in [-0.15, -0.1) is 11.8 Å². The van der Waals surface area contributed by atoms with E-state index in [4.69, 9.17) is 0 Å². The van der Waals surface area contributed by atoms with Gasteiger partial charge in [0.2, 0.25) is 5.95 Å². The van der Waals surface area contributed by atoms with Crippen LogP contribution in [0.4, 0.5) is 11.6 Å². The number of hydrogen-bond donors (Lipinski definition) is 1. The van der Waals surface area contributed by atoms with Gasteiger partial charge >= 0.3 is 0 Å². The van der Waals surface area contributed by atoms with E-state index in [1.807, 2.05) is 24.0 Å². The van der Waals surface area contributed by atoms with Crippen molar-refractivity contribution in [1.82, 2.24) is 9.97 Å². The zero-order valence-corrected chi connectivity index (χ0v) is 14.1. The minimum absolute atomic E-state index is 0.654. The van der Waals surface area contributed by atoms with Crippen LogP contribution in [0.3, 0.4) is 0 Å². The molecule has 0 spiro atoms. The maximum atomic E-state index is 4.61. The second-order valence-electron chi connectivity index (χ2n) is 6.06. The highest BCUT2D eigenvalue weighted by atomic mass is 32.2. The molecule has 1 aromatic heterocycles. The average Bonchev–Trinajstić information content (AvgIpc) is 3.33. The highest BCUT2D eigenvalue weighted by Crippen LogP contribution is 2.39. The molecule has 1 heterocycles. The molecule has 1 aliphatic rings. The van der Waals surface area contributed by atoms with Gasteiger partial charge in [0.1, 0.15) is 0 Å². The second kappa shape index (κ2) is 7.14. The Labute approximate surface area is 137 Å². The maximum absolute atomic E-state index is 4.61. The summed E-state index contributed by atoms with van der Waals surface area (Å²) in [6.45, 7) is 4.47. The lowest BCUT2D eigenvalue weighted by Gasteiger charge is -2.10. The van der Waals surface area contributed by atoms with E-state index in [1.165, 1.54) is 24.2 Å². The predicted octanol–water partition coefficient (Wildman–Crippen LogP) is 5.06. The minimum atomic E-state index is 0.654. The smallest absolute Gasteiger partial charge is 0.227 e. The zero-order chi connectivity index (χ0) is 15.4. The third kappa shape index (κ3) is 4.47. The molecule has 2 aromatic rings. The fraction of sp³-hybridized carbons (Fsp3) is 0.444. The average molecular weight is 313 g/mol. The molecule has 0 bridgehead atoms. The minimum Gasteiger partial charge on any atom is -0.324 e. The molecule has 3 nitrogen and oxygen atoms in total. The largest absolute Gasteiger partial charge is 0.324 e. The highest BCUT2D eigenvalue weighted by molar-refractivity contribution is 8.00. The van der Waals surface area contributed by atoms with Gasteiger partial charge < -0.3 is 5.32 Å². The molecule has 116 valence electrons. The van der Waals surface area contributed by atoms with Gasteiger partial charge in [-0.1, -0.05) is 20.3 Å². The summed E-state index contributed by atoms with van der Waals surface area (Å²) in [6.07, 6.45) is 6.74. The van der Waals surface area contributed by atoms with Crippen molar-refractivity contribution in [3.63, 3.8) is 0 Å². The van der Waals surface area contributed by atoms with Crippen LogP contribution >= 0.6 is 11.8 Å². The first-order valence-corrected chi connectivity index (χ1v) is 8.96. The number of anilines is 2. The topological polar surface area (TPSA) is 37.8 Å². The van der Waals surface area contributed by atoms with E-state index >= 15 is 0 Å². The van der Waals surface area contributed by atoms with Crippen LogP contribution in [0.5, 0.6) is 0 Å². The zero-order valence-electron chi connectivity index (χ0n) is 13.2. The number of nitrogens with one attached hydrogen (secondary N) is 1. The third-order valence-electron chi connectivity index (χ3n) is 3.91. The Morgan fingerprint density at radius 1 is 1.23 bits per heavy atom. The number of benzene rings is 1. The van der Waals surface area contributed by atoms with Crippen LogP contribution in [0.1, 0.15) is 38.8 Å². The van der Waals surface area contributed by atoms with Crippen molar-refractivity contribution in [1.29, 1.82) is 0 Å². The van der Waals surface area contributed by atoms with Gasteiger partial charge in [0.15, 0.2) is 0 Å². The maximum Gasteiger partial charge on any atom is 0.227 e. The first kappa shape index (κ1) is 15.3. The Morgan fingerprint density at radius 3 is 2.68 bits per heavy atom. The first-order chi connectivity index (χ1) is 10.7. The molecule has 22 heavy (non-hydrogen) atoms. The van der Waals surface area contributed by atoms with E-state index in [9.17, 15) is 0 Å². The molecule has 1 aliphatic carbocycles. The fourth-order valence-electron chi connectivity index (χ4n) is 2.20. The van der Waals surface area contributed by atoms with E-state index in [0.717, 1.165) is 23.1 Å². The van der Waals surface area contributed by atoms with Crippen LogP contribution in [0.2, 0.25) is 0 Å². The van der Waals surface area contributed by atoms with E-state index in [-0.39, 0.29) is 0 Å². The number of hydrogen-bond acceptors (Lipinski definition) is 4. The number of nitrogens with zero attached hydrogens (tertiary/aromatic N) is 2. The molecule has 0 unspecified atom stereocenters. The number of rotatable bonds is 7. The summed E-state index contributed by atoms with van der Waals surface area (Å²) in [7, 11) is 0. The number of aromatic nitrogens is 2. The van der Waals surface area contributed by atoms with Gasteiger partial charge in [0, 0.05) is 27.7 Å². The Kier molecular flexibility index (Phi) is 4.98. The van der Waals surface area contributed by atoms with E-state index in [2.05, 4.69) is 53.4 Å². The molecule has 0 aliphatic heterocycles. The van der Waals surface area contributed by atoms with Gasteiger partial charge in [0.05, 0.1) is 0 Å². The van der Waals surface area contributed by atoms with E-state index < -0.39 is 0 Å². The summed E-state index contributed by atoms with van der Waals surface area (Å²) in [5.41, 5.74) is 2.15. The second-order valence-corrected chi connectivity index (χ2v) is 7.43. The summed E-state index contributed by atoms with van der Waals surface area (Å²) in [5.74, 6) is 1.34. The Balaban J connectivity index is 1.63. The Morgan fingerprint density at radius 2 is 2.00 bits per heavy atom. The summed E-state index contributed by atoms with van der Waals surface area (Å²) in [6, 6.07) is 10.6. The van der Waals surface area contributed by atoms with Gasteiger partial charge in [-0.3, -0.25) is 0 Å². The molecule has 0 radical (unpaired) electrons. The SMILES string of the molecule is CC[C@@H](C)Cc1ccnc(Nc2ccc(SC3CC3)cc2)n1. The van der Waals surface area contributed by atoms with E-state index in [1.54, 1.807) is 0 Å². The van der Waals surface area contributed by atoms with Crippen molar-refractivity contribution in [3.05, 3.63) is 42.2 Å². The molecule has 1 saturated carbocycles. The van der Waals surface area contributed by atoms with Crippen LogP contribution in [0.25, 0.3) is 0 Å². The lowest BCUT2D eigenvalue weighted by Crippen LogP contribution is -2.03. The van der Waals surface area contributed by atoms with Crippen LogP contribution in [-0.2, 0) is 6.42 Å². The molecule has 0 amide bonds. The third-order valence-corrected chi connectivity index (χ3v) is 5.25. The molecule has 4 heteroatoms. The van der Waals surface area contributed by atoms with Crippen molar-refractivity contribution in [2.45, 2.75) is 49.7 Å². The molecule has 1 atom stereocenters. The quantitative estimate of drug-likeness (QED) is 0.775. The van der Waals surface area contributed by atoms with Gasteiger partial charge in [-0.25, -0.2) is 9.97 Å². The molecular formula is C18H23N3S. The standard InChI is InChI=1S/C18H23N3S/c1-3-13(2)12-15-10-11-19-18(21-15)20-14-4-6-16(7-5-14)22-17-8-9-17/h4-7,10-11,13,17H,3,8-9,12H2,1-2H3,(H,19,20,21)/t13-/m1/s1. The fourth-order valence-corrected chi connectivity index (χ4v) is 3.25.